The van der Waals surface area contributed by atoms with Crippen LogP contribution in [0.15, 0.2) is 0 Å². The summed E-state index contributed by atoms with van der Waals surface area (Å²) in [5.74, 6) is 0. The number of hydrogen-bond donors (Lipinski definition) is 1. The summed E-state index contributed by atoms with van der Waals surface area (Å²) in [6.07, 6.45) is -0.278. The average Bonchev–Trinajstić information content (AvgIpc) is 1.27. The predicted octanol–water partition coefficient (Wildman–Crippen LogP) is 1.08. The molecule has 0 amide bonds. The number of nitrogens with two attached hydrogens (primary N) is 1. The van der Waals surface area contributed by atoms with Crippen molar-refractivity contribution in [2.45, 2.75) is 32.5 Å². The van der Waals surface area contributed by atoms with Gasteiger partial charge >= 0.3 is 0 Å². The Morgan fingerprint density at radius 1 is 1.57 bits per heavy atom. The lowest BCUT2D eigenvalue weighted by molar-refractivity contribution is 0.324. The molecule has 0 spiro atoms. The van der Waals surface area contributed by atoms with E-state index in [0.717, 1.165) is 0 Å². The fourth-order valence-electron chi connectivity index (χ4n) is 0.512. The van der Waals surface area contributed by atoms with Gasteiger partial charge in [0.25, 0.3) is 0 Å². The van der Waals surface area contributed by atoms with Gasteiger partial charge in [-0.25, -0.2) is 4.39 Å². The molecule has 0 aliphatic rings. The Kier molecular flexibility index (Phi) is 2.92. The molecular weight excluding hydrogens is 93.1 g/mol. The van der Waals surface area contributed by atoms with Crippen LogP contribution >= 0.6 is 0 Å². The summed E-state index contributed by atoms with van der Waals surface area (Å²) < 4.78 is 11.9. The first-order valence-corrected chi connectivity index (χ1v) is 2.52. The third-order valence-electron chi connectivity index (χ3n) is 0.697. The van der Waals surface area contributed by atoms with Crippen LogP contribution < -0.4 is 5.73 Å². The van der Waals surface area contributed by atoms with E-state index < -0.39 is 6.17 Å². The lowest BCUT2D eigenvalue weighted by Gasteiger charge is -2.02. The van der Waals surface area contributed by atoms with E-state index in [-0.39, 0.29) is 6.04 Å². The molecular formula is C5H12FN. The number of halogens is 1. The minimum atomic E-state index is -0.750. The molecule has 0 radical (unpaired) electrons. The maximum Gasteiger partial charge on any atom is 0.0988 e. The molecule has 1 unspecified atom stereocenters. The lowest BCUT2D eigenvalue weighted by atomic mass is 10.2. The highest BCUT2D eigenvalue weighted by molar-refractivity contribution is 4.56. The summed E-state index contributed by atoms with van der Waals surface area (Å²) in [6, 6.07) is -0.000000000000000222. The Morgan fingerprint density at radius 2 is 2.00 bits per heavy atom. The third-order valence-corrected chi connectivity index (χ3v) is 0.697. The molecule has 0 fully saturated rings. The normalized spacial score (nSPS) is 18.9. The molecule has 2 heteroatoms. The molecule has 0 rings (SSSR count). The molecule has 0 saturated heterocycles. The Labute approximate surface area is 43.7 Å². The maximum absolute atomic E-state index is 11.9. The van der Waals surface area contributed by atoms with Gasteiger partial charge < -0.3 is 5.73 Å². The van der Waals surface area contributed by atoms with Gasteiger partial charge in [0.1, 0.15) is 0 Å². The molecule has 0 aromatic carbocycles. The van der Waals surface area contributed by atoms with Gasteiger partial charge in [0.15, 0.2) is 0 Å². The third kappa shape index (κ3) is 5.89. The molecule has 0 saturated carbocycles. The second-order valence-electron chi connectivity index (χ2n) is 1.99. The van der Waals surface area contributed by atoms with Crippen molar-refractivity contribution in [3.05, 3.63) is 0 Å². The fraction of sp³-hybridized carbons (Fsp3) is 1.00. The number of rotatable bonds is 2. The Balaban J connectivity index is 2.95. The first-order chi connectivity index (χ1) is 3.13. The molecule has 0 bridgehead atoms. The zero-order valence-electron chi connectivity index (χ0n) is 4.82. The number of hydrogen-bond acceptors (Lipinski definition) is 1. The van der Waals surface area contributed by atoms with Crippen LogP contribution in [-0.2, 0) is 0 Å². The van der Waals surface area contributed by atoms with Crippen molar-refractivity contribution in [1.29, 1.82) is 0 Å². The van der Waals surface area contributed by atoms with Gasteiger partial charge in [0.05, 0.1) is 6.17 Å². The quantitative estimate of drug-likeness (QED) is 0.558. The molecule has 44 valence electrons. The van der Waals surface area contributed by atoms with Gasteiger partial charge in [-0.3, -0.25) is 0 Å². The van der Waals surface area contributed by atoms with E-state index in [1.807, 2.05) is 0 Å². The first kappa shape index (κ1) is 6.89. The second-order valence-corrected chi connectivity index (χ2v) is 1.99. The van der Waals surface area contributed by atoms with Crippen LogP contribution in [0.3, 0.4) is 0 Å². The molecule has 2 N–H and O–H groups in total. The van der Waals surface area contributed by atoms with Crippen LogP contribution in [0.25, 0.3) is 0 Å². The van der Waals surface area contributed by atoms with Crippen molar-refractivity contribution in [2.75, 3.05) is 0 Å². The van der Waals surface area contributed by atoms with E-state index in [0.29, 0.717) is 6.42 Å². The van der Waals surface area contributed by atoms with Crippen LogP contribution in [0.4, 0.5) is 4.39 Å². The molecule has 2 atom stereocenters. The molecule has 1 nitrogen and oxygen atoms in total. The van der Waals surface area contributed by atoms with E-state index in [2.05, 4.69) is 0 Å². The zero-order valence-corrected chi connectivity index (χ0v) is 4.82. The van der Waals surface area contributed by atoms with E-state index in [1.54, 1.807) is 6.92 Å². The average molecular weight is 105 g/mol. The monoisotopic (exact) mass is 105 g/mol. The van der Waals surface area contributed by atoms with Crippen molar-refractivity contribution in [3.63, 3.8) is 0 Å². The Bertz CT molecular complexity index is 37.3. The maximum atomic E-state index is 11.9. The van der Waals surface area contributed by atoms with Gasteiger partial charge in [0.2, 0.25) is 0 Å². The van der Waals surface area contributed by atoms with Crippen molar-refractivity contribution in [1.82, 2.24) is 0 Å². The van der Waals surface area contributed by atoms with E-state index in [4.69, 9.17) is 5.73 Å². The molecule has 0 aliphatic heterocycles. The van der Waals surface area contributed by atoms with Crippen LogP contribution in [0.2, 0.25) is 0 Å². The van der Waals surface area contributed by atoms with Gasteiger partial charge in [-0.15, -0.1) is 0 Å². The van der Waals surface area contributed by atoms with Crippen molar-refractivity contribution >= 4 is 0 Å². The van der Waals surface area contributed by atoms with Crippen LogP contribution in [0.5, 0.6) is 0 Å². The van der Waals surface area contributed by atoms with E-state index >= 15 is 0 Å². The largest absolute Gasteiger partial charge is 0.328 e. The summed E-state index contributed by atoms with van der Waals surface area (Å²) in [7, 11) is 0. The van der Waals surface area contributed by atoms with Gasteiger partial charge in [-0.2, -0.15) is 0 Å². The van der Waals surface area contributed by atoms with Crippen LogP contribution in [0, 0.1) is 0 Å². The molecule has 0 aromatic heterocycles. The number of alkyl halides is 1. The summed E-state index contributed by atoms with van der Waals surface area (Å²) >= 11 is 0. The van der Waals surface area contributed by atoms with Crippen LogP contribution in [-0.4, -0.2) is 12.2 Å². The van der Waals surface area contributed by atoms with Crippen molar-refractivity contribution in [2.24, 2.45) is 5.73 Å². The fourth-order valence-corrected chi connectivity index (χ4v) is 0.512. The molecule has 0 aromatic rings. The minimum Gasteiger partial charge on any atom is -0.328 e. The van der Waals surface area contributed by atoms with E-state index in [1.165, 1.54) is 6.92 Å². The highest BCUT2D eigenvalue weighted by atomic mass is 19.1. The summed E-state index contributed by atoms with van der Waals surface area (Å²) in [5, 5.41) is 0. The topological polar surface area (TPSA) is 26.0 Å². The summed E-state index contributed by atoms with van der Waals surface area (Å²) in [5.41, 5.74) is 5.25. The first-order valence-electron chi connectivity index (χ1n) is 2.52. The predicted molar refractivity (Wildman–Crippen MR) is 28.8 cm³/mol. The molecule has 0 aliphatic carbocycles. The zero-order chi connectivity index (χ0) is 5.86. The Hall–Kier alpha value is -0.110. The Morgan fingerprint density at radius 3 is 2.00 bits per heavy atom. The molecule has 7 heavy (non-hydrogen) atoms. The standard InChI is InChI=1S/C5H12FN/c1-4(6)3-5(2)7/h4-5H,3,7H2,1-2H3/t4?,5-/m0/s1. The van der Waals surface area contributed by atoms with E-state index in [9.17, 15) is 4.39 Å². The van der Waals surface area contributed by atoms with Crippen LogP contribution in [0.1, 0.15) is 20.3 Å². The second kappa shape index (κ2) is 2.97. The van der Waals surface area contributed by atoms with Gasteiger partial charge in [-0.05, 0) is 20.3 Å². The van der Waals surface area contributed by atoms with Crippen molar-refractivity contribution in [3.8, 4) is 0 Å². The summed E-state index contributed by atoms with van der Waals surface area (Å²) in [4.78, 5) is 0. The minimum absolute atomic E-state index is 0.000000000000000222. The SMILES string of the molecule is CC(F)C[C@H](C)N. The smallest absolute Gasteiger partial charge is 0.0988 e. The van der Waals surface area contributed by atoms with Gasteiger partial charge in [-0.1, -0.05) is 0 Å². The highest BCUT2D eigenvalue weighted by Gasteiger charge is 1.99. The van der Waals surface area contributed by atoms with Gasteiger partial charge in [0, 0.05) is 6.04 Å². The van der Waals surface area contributed by atoms with Crippen molar-refractivity contribution < 1.29 is 4.39 Å². The summed E-state index contributed by atoms with van der Waals surface area (Å²) in [6.45, 7) is 3.32. The lowest BCUT2D eigenvalue weighted by Crippen LogP contribution is -2.18. The highest BCUT2D eigenvalue weighted by Crippen LogP contribution is 1.96. The molecule has 0 heterocycles.